The van der Waals surface area contributed by atoms with Crippen LogP contribution in [-0.4, -0.2) is 56.6 Å². The SMILES string of the molecule is CC[C@H](NC(=O)NCCOCCOC)C(=O)O. The van der Waals surface area contributed by atoms with Gasteiger partial charge in [-0.2, -0.15) is 0 Å². The van der Waals surface area contributed by atoms with E-state index in [2.05, 4.69) is 10.6 Å². The van der Waals surface area contributed by atoms with Gasteiger partial charge >= 0.3 is 12.0 Å². The van der Waals surface area contributed by atoms with E-state index in [1.54, 1.807) is 14.0 Å². The van der Waals surface area contributed by atoms with Gasteiger partial charge in [-0.15, -0.1) is 0 Å². The Morgan fingerprint density at radius 3 is 2.53 bits per heavy atom. The zero-order valence-corrected chi connectivity index (χ0v) is 10.2. The van der Waals surface area contributed by atoms with Crippen LogP contribution in [0.5, 0.6) is 0 Å². The molecule has 0 bridgehead atoms. The number of hydrogen-bond donors (Lipinski definition) is 3. The molecule has 100 valence electrons. The number of carbonyl (C=O) groups is 2. The molecule has 0 unspecified atom stereocenters. The van der Waals surface area contributed by atoms with Crippen molar-refractivity contribution in [3.63, 3.8) is 0 Å². The molecule has 1 atom stereocenters. The van der Waals surface area contributed by atoms with Crippen LogP contribution in [0.15, 0.2) is 0 Å². The molecule has 0 aliphatic rings. The van der Waals surface area contributed by atoms with E-state index in [0.717, 1.165) is 0 Å². The van der Waals surface area contributed by atoms with Crippen molar-refractivity contribution < 1.29 is 24.2 Å². The fourth-order valence-electron chi connectivity index (χ4n) is 1.03. The van der Waals surface area contributed by atoms with E-state index in [1.807, 2.05) is 0 Å². The lowest BCUT2D eigenvalue weighted by atomic mass is 10.2. The van der Waals surface area contributed by atoms with Crippen molar-refractivity contribution in [3.05, 3.63) is 0 Å². The summed E-state index contributed by atoms with van der Waals surface area (Å²) in [5, 5.41) is 13.5. The molecule has 0 aromatic carbocycles. The van der Waals surface area contributed by atoms with Gasteiger partial charge in [0.1, 0.15) is 6.04 Å². The molecule has 0 aliphatic carbocycles. The molecule has 0 aliphatic heterocycles. The molecule has 7 heteroatoms. The van der Waals surface area contributed by atoms with E-state index in [4.69, 9.17) is 14.6 Å². The maximum absolute atomic E-state index is 11.2. The first kappa shape index (κ1) is 15.7. The van der Waals surface area contributed by atoms with Crippen molar-refractivity contribution in [3.8, 4) is 0 Å². The molecule has 0 aromatic rings. The summed E-state index contributed by atoms with van der Waals surface area (Å²) in [6.45, 7) is 3.34. The van der Waals surface area contributed by atoms with Crippen LogP contribution in [0.2, 0.25) is 0 Å². The fourth-order valence-corrected chi connectivity index (χ4v) is 1.03. The minimum absolute atomic E-state index is 0.325. The number of methoxy groups -OCH3 is 1. The highest BCUT2D eigenvalue weighted by Gasteiger charge is 2.16. The molecule has 0 spiro atoms. The van der Waals surface area contributed by atoms with Gasteiger partial charge in [0.15, 0.2) is 0 Å². The van der Waals surface area contributed by atoms with Crippen LogP contribution in [0.3, 0.4) is 0 Å². The van der Waals surface area contributed by atoms with Gasteiger partial charge < -0.3 is 25.2 Å². The first-order chi connectivity index (χ1) is 8.11. The van der Waals surface area contributed by atoms with Gasteiger partial charge in [0.2, 0.25) is 0 Å². The lowest BCUT2D eigenvalue weighted by Crippen LogP contribution is -2.46. The Kier molecular flexibility index (Phi) is 9.08. The number of carboxylic acids is 1. The number of amides is 2. The Morgan fingerprint density at radius 1 is 1.29 bits per heavy atom. The molecule has 0 saturated carbocycles. The number of urea groups is 1. The third kappa shape index (κ3) is 8.47. The van der Waals surface area contributed by atoms with Gasteiger partial charge in [-0.05, 0) is 6.42 Å². The van der Waals surface area contributed by atoms with Gasteiger partial charge in [0.25, 0.3) is 0 Å². The molecular weight excluding hydrogens is 228 g/mol. The summed E-state index contributed by atoms with van der Waals surface area (Å²) in [6, 6.07) is -1.36. The summed E-state index contributed by atoms with van der Waals surface area (Å²) < 4.78 is 9.89. The minimum atomic E-state index is -1.04. The van der Waals surface area contributed by atoms with Crippen LogP contribution >= 0.6 is 0 Å². The zero-order chi connectivity index (χ0) is 13.1. The third-order valence-corrected chi connectivity index (χ3v) is 1.98. The standard InChI is InChI=1S/C10H20N2O5/c1-3-8(9(13)14)12-10(15)11-4-5-17-7-6-16-2/h8H,3-7H2,1-2H3,(H,13,14)(H2,11,12,15)/t8-/m0/s1. The summed E-state index contributed by atoms with van der Waals surface area (Å²) in [5.74, 6) is -1.04. The number of nitrogens with one attached hydrogen (secondary N) is 2. The average molecular weight is 248 g/mol. The van der Waals surface area contributed by atoms with Crippen LogP contribution in [0.1, 0.15) is 13.3 Å². The molecule has 17 heavy (non-hydrogen) atoms. The molecule has 0 saturated heterocycles. The highest BCUT2D eigenvalue weighted by Crippen LogP contribution is 1.89. The smallest absolute Gasteiger partial charge is 0.326 e. The Hall–Kier alpha value is -1.34. The highest BCUT2D eigenvalue weighted by molar-refractivity contribution is 5.82. The van der Waals surface area contributed by atoms with Crippen molar-refractivity contribution >= 4 is 12.0 Å². The van der Waals surface area contributed by atoms with Crippen molar-refractivity contribution in [1.29, 1.82) is 0 Å². The first-order valence-corrected chi connectivity index (χ1v) is 5.45. The lowest BCUT2D eigenvalue weighted by Gasteiger charge is -2.13. The quantitative estimate of drug-likeness (QED) is 0.491. The van der Waals surface area contributed by atoms with Gasteiger partial charge in [-0.1, -0.05) is 6.92 Å². The predicted molar refractivity (Wildman–Crippen MR) is 60.9 cm³/mol. The largest absolute Gasteiger partial charge is 0.480 e. The summed E-state index contributed by atoms with van der Waals surface area (Å²) in [6.07, 6.45) is 0.340. The maximum Gasteiger partial charge on any atom is 0.326 e. The van der Waals surface area contributed by atoms with Crippen molar-refractivity contribution in [1.82, 2.24) is 10.6 Å². The summed E-state index contributed by atoms with van der Waals surface area (Å²) in [7, 11) is 1.58. The van der Waals surface area contributed by atoms with E-state index in [-0.39, 0.29) is 0 Å². The van der Waals surface area contributed by atoms with Crippen molar-refractivity contribution in [2.75, 3.05) is 33.5 Å². The topological polar surface area (TPSA) is 96.9 Å². The Morgan fingerprint density at radius 2 is 2.00 bits per heavy atom. The second-order valence-corrected chi connectivity index (χ2v) is 3.30. The maximum atomic E-state index is 11.2. The van der Waals surface area contributed by atoms with E-state index in [1.165, 1.54) is 0 Å². The highest BCUT2D eigenvalue weighted by atomic mass is 16.5. The number of carboxylic acid groups (broad SMARTS) is 1. The van der Waals surface area contributed by atoms with Crippen LogP contribution in [0.4, 0.5) is 4.79 Å². The second-order valence-electron chi connectivity index (χ2n) is 3.30. The number of ether oxygens (including phenoxy) is 2. The second kappa shape index (κ2) is 9.86. The monoisotopic (exact) mass is 248 g/mol. The molecular formula is C10H20N2O5. The average Bonchev–Trinajstić information content (AvgIpc) is 2.30. The lowest BCUT2D eigenvalue weighted by molar-refractivity contribution is -0.139. The first-order valence-electron chi connectivity index (χ1n) is 5.45. The Labute approximate surface area is 100 Å². The molecule has 7 nitrogen and oxygen atoms in total. The molecule has 0 radical (unpaired) electrons. The number of hydrogen-bond acceptors (Lipinski definition) is 4. The fraction of sp³-hybridized carbons (Fsp3) is 0.800. The Bertz CT molecular complexity index is 235. The number of aliphatic carboxylic acids is 1. The van der Waals surface area contributed by atoms with Gasteiger partial charge in [-0.3, -0.25) is 0 Å². The minimum Gasteiger partial charge on any atom is -0.480 e. The molecule has 2 amide bonds. The van der Waals surface area contributed by atoms with Gasteiger partial charge in [0, 0.05) is 13.7 Å². The normalized spacial score (nSPS) is 11.9. The number of rotatable bonds is 9. The summed E-state index contributed by atoms with van der Waals surface area (Å²) >= 11 is 0. The van der Waals surface area contributed by atoms with Crippen molar-refractivity contribution in [2.45, 2.75) is 19.4 Å². The third-order valence-electron chi connectivity index (χ3n) is 1.98. The molecule has 0 fully saturated rings. The molecule has 0 heterocycles. The summed E-state index contributed by atoms with van der Waals surface area (Å²) in [5.41, 5.74) is 0. The molecule has 3 N–H and O–H groups in total. The summed E-state index contributed by atoms with van der Waals surface area (Å²) in [4.78, 5) is 21.9. The van der Waals surface area contributed by atoms with E-state index in [9.17, 15) is 9.59 Å². The van der Waals surface area contributed by atoms with E-state index >= 15 is 0 Å². The van der Waals surface area contributed by atoms with Crippen LogP contribution in [0, 0.1) is 0 Å². The van der Waals surface area contributed by atoms with E-state index < -0.39 is 18.0 Å². The number of carbonyl (C=O) groups excluding carboxylic acids is 1. The van der Waals surface area contributed by atoms with Gasteiger partial charge in [-0.25, -0.2) is 9.59 Å². The van der Waals surface area contributed by atoms with E-state index in [0.29, 0.717) is 32.8 Å². The van der Waals surface area contributed by atoms with Crippen LogP contribution < -0.4 is 10.6 Å². The van der Waals surface area contributed by atoms with Crippen LogP contribution in [0.25, 0.3) is 0 Å². The van der Waals surface area contributed by atoms with Crippen molar-refractivity contribution in [2.24, 2.45) is 0 Å². The zero-order valence-electron chi connectivity index (χ0n) is 10.2. The van der Waals surface area contributed by atoms with Crippen LogP contribution in [-0.2, 0) is 14.3 Å². The predicted octanol–water partition coefficient (Wildman–Crippen LogP) is -0.188. The molecule has 0 aromatic heterocycles. The molecule has 0 rings (SSSR count). The Balaban J connectivity index is 3.55. The van der Waals surface area contributed by atoms with Gasteiger partial charge in [0.05, 0.1) is 19.8 Å².